The standard InChI is InChI=1S/C16H25N3O/c1-17-15(18-10-6-14-5-4-12-20-14)19-11-9-16(13-19)7-2-3-8-16/h4-5,12H,2-3,6-11,13H2,1H3,(H,17,18). The minimum atomic E-state index is 0.596. The van der Waals surface area contributed by atoms with Gasteiger partial charge >= 0.3 is 0 Å². The maximum Gasteiger partial charge on any atom is 0.193 e. The zero-order valence-electron chi connectivity index (χ0n) is 12.4. The van der Waals surface area contributed by atoms with E-state index >= 15 is 0 Å². The number of rotatable bonds is 3. The first-order valence-corrected chi connectivity index (χ1v) is 7.79. The van der Waals surface area contributed by atoms with Crippen molar-refractivity contribution in [1.82, 2.24) is 10.2 Å². The monoisotopic (exact) mass is 275 g/mol. The number of hydrogen-bond donors (Lipinski definition) is 1. The zero-order chi connectivity index (χ0) is 13.8. The van der Waals surface area contributed by atoms with Crippen molar-refractivity contribution in [2.45, 2.75) is 38.5 Å². The summed E-state index contributed by atoms with van der Waals surface area (Å²) in [5, 5.41) is 3.47. The van der Waals surface area contributed by atoms with Crippen LogP contribution >= 0.6 is 0 Å². The quantitative estimate of drug-likeness (QED) is 0.681. The lowest BCUT2D eigenvalue weighted by Gasteiger charge is -2.25. The molecule has 4 nitrogen and oxygen atoms in total. The molecule has 20 heavy (non-hydrogen) atoms. The van der Waals surface area contributed by atoms with Gasteiger partial charge in [0, 0.05) is 33.1 Å². The van der Waals surface area contributed by atoms with Gasteiger partial charge in [-0.15, -0.1) is 0 Å². The molecule has 0 unspecified atom stereocenters. The van der Waals surface area contributed by atoms with E-state index in [9.17, 15) is 0 Å². The molecule has 1 aromatic rings. The van der Waals surface area contributed by atoms with Crippen LogP contribution in [0.2, 0.25) is 0 Å². The van der Waals surface area contributed by atoms with E-state index in [0.717, 1.165) is 31.2 Å². The van der Waals surface area contributed by atoms with E-state index in [1.165, 1.54) is 38.6 Å². The summed E-state index contributed by atoms with van der Waals surface area (Å²) in [6.45, 7) is 3.22. The van der Waals surface area contributed by atoms with Crippen LogP contribution in [0.15, 0.2) is 27.8 Å². The third-order valence-electron chi connectivity index (χ3n) is 4.85. The number of aliphatic imine (C=N–C) groups is 1. The van der Waals surface area contributed by atoms with Gasteiger partial charge in [0.15, 0.2) is 5.96 Å². The molecule has 0 aromatic carbocycles. The van der Waals surface area contributed by atoms with Crippen molar-refractivity contribution in [3.05, 3.63) is 24.2 Å². The Balaban J connectivity index is 1.50. The van der Waals surface area contributed by atoms with Crippen LogP contribution in [-0.4, -0.2) is 37.5 Å². The maximum absolute atomic E-state index is 5.36. The Morgan fingerprint density at radius 3 is 2.95 bits per heavy atom. The topological polar surface area (TPSA) is 40.8 Å². The van der Waals surface area contributed by atoms with E-state index in [1.807, 2.05) is 19.2 Å². The van der Waals surface area contributed by atoms with Crippen LogP contribution in [0.5, 0.6) is 0 Å². The predicted molar refractivity (Wildman–Crippen MR) is 80.9 cm³/mol. The number of nitrogens with zero attached hydrogens (tertiary/aromatic N) is 2. The van der Waals surface area contributed by atoms with Crippen LogP contribution in [-0.2, 0) is 6.42 Å². The fourth-order valence-corrected chi connectivity index (χ4v) is 3.73. The normalized spacial score (nSPS) is 21.9. The van der Waals surface area contributed by atoms with Gasteiger partial charge in [-0.25, -0.2) is 0 Å². The number of furan rings is 1. The van der Waals surface area contributed by atoms with E-state index in [0.29, 0.717) is 5.41 Å². The molecule has 2 aliphatic rings. The highest BCUT2D eigenvalue weighted by Crippen LogP contribution is 2.45. The summed E-state index contributed by atoms with van der Waals surface area (Å²) in [5.41, 5.74) is 0.596. The van der Waals surface area contributed by atoms with E-state index in [1.54, 1.807) is 6.26 Å². The Labute approximate surface area is 121 Å². The minimum Gasteiger partial charge on any atom is -0.469 e. The van der Waals surface area contributed by atoms with Crippen molar-refractivity contribution in [3.63, 3.8) is 0 Å². The molecule has 0 atom stereocenters. The van der Waals surface area contributed by atoms with E-state index in [4.69, 9.17) is 4.42 Å². The molecule has 1 saturated heterocycles. The van der Waals surface area contributed by atoms with Crippen molar-refractivity contribution in [1.29, 1.82) is 0 Å². The number of likely N-dealkylation sites (tertiary alicyclic amines) is 1. The molecule has 1 saturated carbocycles. The third-order valence-corrected chi connectivity index (χ3v) is 4.85. The average Bonchev–Trinajstić information content (AvgIpc) is 3.19. The maximum atomic E-state index is 5.36. The minimum absolute atomic E-state index is 0.596. The van der Waals surface area contributed by atoms with Crippen LogP contribution in [0.1, 0.15) is 37.9 Å². The summed E-state index contributed by atoms with van der Waals surface area (Å²) in [6.07, 6.45) is 9.63. The van der Waals surface area contributed by atoms with Crippen molar-refractivity contribution < 1.29 is 4.42 Å². The SMILES string of the molecule is CN=C(NCCc1ccco1)N1CCC2(CCCC2)C1. The van der Waals surface area contributed by atoms with Crippen molar-refractivity contribution in [2.24, 2.45) is 10.4 Å². The van der Waals surface area contributed by atoms with Gasteiger partial charge in [0.25, 0.3) is 0 Å². The molecule has 110 valence electrons. The fourth-order valence-electron chi connectivity index (χ4n) is 3.73. The summed E-state index contributed by atoms with van der Waals surface area (Å²) in [5.74, 6) is 2.09. The molecule has 1 aliphatic heterocycles. The fraction of sp³-hybridized carbons (Fsp3) is 0.688. The summed E-state index contributed by atoms with van der Waals surface area (Å²) < 4.78 is 5.36. The Bertz CT molecular complexity index is 446. The second-order valence-corrected chi connectivity index (χ2v) is 6.18. The van der Waals surface area contributed by atoms with Gasteiger partial charge in [0.2, 0.25) is 0 Å². The molecule has 2 heterocycles. The molecule has 1 N–H and O–H groups in total. The van der Waals surface area contributed by atoms with Crippen LogP contribution in [0.25, 0.3) is 0 Å². The molecular formula is C16H25N3O. The highest BCUT2D eigenvalue weighted by molar-refractivity contribution is 5.80. The van der Waals surface area contributed by atoms with E-state index < -0.39 is 0 Å². The smallest absolute Gasteiger partial charge is 0.193 e. The first kappa shape index (κ1) is 13.5. The summed E-state index contributed by atoms with van der Waals surface area (Å²) in [6, 6.07) is 3.96. The number of guanidine groups is 1. The Morgan fingerprint density at radius 2 is 2.25 bits per heavy atom. The molecule has 4 heteroatoms. The molecule has 2 fully saturated rings. The van der Waals surface area contributed by atoms with Gasteiger partial charge < -0.3 is 14.6 Å². The van der Waals surface area contributed by atoms with Gasteiger partial charge in [-0.3, -0.25) is 4.99 Å². The molecular weight excluding hydrogens is 250 g/mol. The lowest BCUT2D eigenvalue weighted by atomic mass is 9.86. The van der Waals surface area contributed by atoms with Gasteiger partial charge in [0.05, 0.1) is 6.26 Å². The molecule has 0 amide bonds. The van der Waals surface area contributed by atoms with Crippen LogP contribution in [0.4, 0.5) is 0 Å². The van der Waals surface area contributed by atoms with Gasteiger partial charge in [-0.1, -0.05) is 12.8 Å². The highest BCUT2D eigenvalue weighted by Gasteiger charge is 2.40. The summed E-state index contributed by atoms with van der Waals surface area (Å²) >= 11 is 0. The highest BCUT2D eigenvalue weighted by atomic mass is 16.3. The molecule has 3 rings (SSSR count). The molecule has 0 bridgehead atoms. The van der Waals surface area contributed by atoms with Crippen molar-refractivity contribution in [2.75, 3.05) is 26.7 Å². The molecule has 1 aromatic heterocycles. The lowest BCUT2D eigenvalue weighted by molar-refractivity contribution is 0.309. The van der Waals surface area contributed by atoms with E-state index in [-0.39, 0.29) is 0 Å². The third kappa shape index (κ3) is 2.84. The van der Waals surface area contributed by atoms with Gasteiger partial charge in [0.1, 0.15) is 5.76 Å². The predicted octanol–water partition coefficient (Wildman–Crippen LogP) is 2.66. The molecule has 1 aliphatic carbocycles. The van der Waals surface area contributed by atoms with Crippen LogP contribution < -0.4 is 5.32 Å². The van der Waals surface area contributed by atoms with E-state index in [2.05, 4.69) is 15.2 Å². The average molecular weight is 275 g/mol. The molecule has 1 spiro atoms. The summed E-state index contributed by atoms with van der Waals surface area (Å²) in [4.78, 5) is 6.88. The Morgan fingerprint density at radius 1 is 1.40 bits per heavy atom. The van der Waals surface area contributed by atoms with Crippen LogP contribution in [0.3, 0.4) is 0 Å². The van der Waals surface area contributed by atoms with Gasteiger partial charge in [-0.2, -0.15) is 0 Å². The largest absolute Gasteiger partial charge is 0.469 e. The van der Waals surface area contributed by atoms with Gasteiger partial charge in [-0.05, 0) is 36.8 Å². The lowest BCUT2D eigenvalue weighted by Crippen LogP contribution is -2.41. The number of hydrogen-bond acceptors (Lipinski definition) is 2. The Hall–Kier alpha value is -1.45. The molecule has 0 radical (unpaired) electrons. The summed E-state index contributed by atoms with van der Waals surface area (Å²) in [7, 11) is 1.88. The van der Waals surface area contributed by atoms with Crippen LogP contribution in [0, 0.1) is 5.41 Å². The second kappa shape index (κ2) is 5.90. The Kier molecular flexibility index (Phi) is 3.99. The first-order chi connectivity index (χ1) is 9.81. The van der Waals surface area contributed by atoms with Crippen molar-refractivity contribution in [3.8, 4) is 0 Å². The first-order valence-electron chi connectivity index (χ1n) is 7.79. The van der Waals surface area contributed by atoms with Crippen molar-refractivity contribution >= 4 is 5.96 Å². The number of nitrogens with one attached hydrogen (secondary N) is 1. The second-order valence-electron chi connectivity index (χ2n) is 6.18. The zero-order valence-corrected chi connectivity index (χ0v) is 12.4.